The van der Waals surface area contributed by atoms with E-state index in [9.17, 15) is 9.59 Å². The first-order valence-electron chi connectivity index (χ1n) is 18.1. The van der Waals surface area contributed by atoms with Gasteiger partial charge in [-0.05, 0) is 112 Å². The number of fused-ring (bicyclic) bond motifs is 2. The van der Waals surface area contributed by atoms with Crippen molar-refractivity contribution in [1.82, 2.24) is 29.7 Å². The van der Waals surface area contributed by atoms with E-state index in [1.807, 2.05) is 49.3 Å². The lowest BCUT2D eigenvalue weighted by atomic mass is 9.71. The lowest BCUT2D eigenvalue weighted by Crippen LogP contribution is -2.64. The molecule has 1 aliphatic carbocycles. The summed E-state index contributed by atoms with van der Waals surface area (Å²) in [5, 5.41) is 5.79. The first-order valence-corrected chi connectivity index (χ1v) is 18.1. The van der Waals surface area contributed by atoms with E-state index in [0.717, 1.165) is 37.3 Å². The number of pyridine rings is 2. The maximum absolute atomic E-state index is 15.6. The van der Waals surface area contributed by atoms with E-state index in [-0.39, 0.29) is 52.2 Å². The average molecular weight is 699 g/mol. The predicted molar refractivity (Wildman–Crippen MR) is 195 cm³/mol. The number of benzene rings is 1. The van der Waals surface area contributed by atoms with E-state index in [1.165, 1.54) is 32.3 Å². The molecule has 4 aromatic rings. The molecule has 3 aliphatic rings. The number of hydrogen-bond acceptors (Lipinski definition) is 7. The van der Waals surface area contributed by atoms with Gasteiger partial charge in [-0.15, -0.1) is 0 Å². The van der Waals surface area contributed by atoms with Crippen molar-refractivity contribution >= 4 is 40.0 Å². The quantitative estimate of drug-likeness (QED) is 0.195. The van der Waals surface area contributed by atoms with Crippen molar-refractivity contribution in [2.24, 2.45) is 0 Å². The molecule has 2 aliphatic heterocycles. The molecule has 1 aromatic carbocycles. The van der Waals surface area contributed by atoms with Gasteiger partial charge in [0.25, 0.3) is 5.91 Å². The fourth-order valence-corrected chi connectivity index (χ4v) is 8.16. The third kappa shape index (κ3) is 5.85. The molecule has 1 saturated carbocycles. The summed E-state index contributed by atoms with van der Waals surface area (Å²) in [5.74, 6) is -2.43. The molecule has 2 fully saturated rings. The minimum Gasteiger partial charge on any atom is -0.350 e. The molecule has 1 saturated heterocycles. The molecule has 0 radical (unpaired) electrons. The molecule has 10 nitrogen and oxygen atoms in total. The second kappa shape index (κ2) is 12.6. The lowest BCUT2D eigenvalue weighted by molar-refractivity contribution is -0.123. The summed E-state index contributed by atoms with van der Waals surface area (Å²) in [6.07, 6.45) is 8.93. The number of halogens is 2. The van der Waals surface area contributed by atoms with E-state index in [2.05, 4.69) is 27.4 Å². The van der Waals surface area contributed by atoms with Crippen LogP contribution in [0.5, 0.6) is 0 Å². The molecule has 0 bridgehead atoms. The Morgan fingerprint density at radius 2 is 1.69 bits per heavy atom. The Labute approximate surface area is 298 Å². The van der Waals surface area contributed by atoms with Crippen LogP contribution in [0.1, 0.15) is 108 Å². The van der Waals surface area contributed by atoms with Crippen molar-refractivity contribution in [3.05, 3.63) is 59.2 Å². The van der Waals surface area contributed by atoms with Gasteiger partial charge in [0.15, 0.2) is 17.5 Å². The molecule has 5 heterocycles. The van der Waals surface area contributed by atoms with Gasteiger partial charge in [-0.1, -0.05) is 6.42 Å². The van der Waals surface area contributed by atoms with Crippen LogP contribution in [-0.4, -0.2) is 66.9 Å². The van der Waals surface area contributed by atoms with Gasteiger partial charge < -0.3 is 20.1 Å². The highest BCUT2D eigenvalue weighted by Crippen LogP contribution is 2.50. The Kier molecular flexibility index (Phi) is 8.67. The third-order valence-corrected chi connectivity index (χ3v) is 11.1. The van der Waals surface area contributed by atoms with Crippen LogP contribution in [0.2, 0.25) is 0 Å². The van der Waals surface area contributed by atoms with Crippen molar-refractivity contribution in [3.8, 4) is 11.3 Å². The summed E-state index contributed by atoms with van der Waals surface area (Å²) in [6.45, 7) is 17.4. The highest BCUT2D eigenvalue weighted by atomic mass is 19.2. The van der Waals surface area contributed by atoms with E-state index in [1.54, 1.807) is 26.4 Å². The number of carbonyl (C=O) groups excluding carboxylic acids is 2. The first-order chi connectivity index (χ1) is 24.1. The van der Waals surface area contributed by atoms with E-state index >= 15 is 8.78 Å². The Bertz CT molecular complexity index is 2040. The van der Waals surface area contributed by atoms with Gasteiger partial charge in [0.2, 0.25) is 5.91 Å². The van der Waals surface area contributed by atoms with Crippen LogP contribution in [-0.2, 0) is 10.2 Å². The molecular weight excluding hydrogens is 650 g/mol. The van der Waals surface area contributed by atoms with Crippen LogP contribution >= 0.6 is 0 Å². The van der Waals surface area contributed by atoms with Crippen molar-refractivity contribution in [1.29, 1.82) is 0 Å². The smallest absolute Gasteiger partial charge is 0.251 e. The van der Waals surface area contributed by atoms with Crippen LogP contribution in [0.4, 0.5) is 26.0 Å². The van der Waals surface area contributed by atoms with Crippen LogP contribution in [0, 0.1) is 18.6 Å². The summed E-state index contributed by atoms with van der Waals surface area (Å²) >= 11 is 0. The Balaban J connectivity index is 1.29. The van der Waals surface area contributed by atoms with Crippen LogP contribution in [0.15, 0.2) is 30.7 Å². The average Bonchev–Trinajstić information content (AvgIpc) is 3.60. The molecular formula is C39H48F2N8O2. The maximum Gasteiger partial charge on any atom is 0.251 e. The summed E-state index contributed by atoms with van der Waals surface area (Å²) in [6, 6.07) is 5.00. The molecule has 0 spiro atoms. The second-order valence-corrected chi connectivity index (χ2v) is 15.9. The minimum absolute atomic E-state index is 0.0169. The zero-order chi connectivity index (χ0) is 36.6. The van der Waals surface area contributed by atoms with Crippen molar-refractivity contribution in [2.45, 2.75) is 117 Å². The van der Waals surface area contributed by atoms with Gasteiger partial charge in [0.05, 0.1) is 40.0 Å². The molecule has 12 heteroatoms. The number of aromatic nitrogens is 4. The van der Waals surface area contributed by atoms with Gasteiger partial charge in [-0.25, -0.2) is 18.7 Å². The van der Waals surface area contributed by atoms with Crippen molar-refractivity contribution < 1.29 is 18.4 Å². The molecule has 0 atom stereocenters. The number of anilines is 3. The van der Waals surface area contributed by atoms with Crippen LogP contribution in [0.25, 0.3) is 22.3 Å². The number of likely N-dealkylation sites (tertiary alicyclic amines) is 1. The maximum atomic E-state index is 15.6. The molecule has 2 N–H and O–H groups in total. The van der Waals surface area contributed by atoms with Gasteiger partial charge in [0, 0.05) is 46.6 Å². The fraction of sp³-hybridized carbons (Fsp3) is 0.513. The van der Waals surface area contributed by atoms with E-state index < -0.39 is 23.0 Å². The summed E-state index contributed by atoms with van der Waals surface area (Å²) in [7, 11) is 0. The molecule has 3 aromatic heterocycles. The Hall–Kier alpha value is -4.45. The number of amides is 2. The van der Waals surface area contributed by atoms with Crippen LogP contribution < -0.4 is 15.5 Å². The normalized spacial score (nSPS) is 21.8. The number of hydrogen-bond donors (Lipinski definition) is 2. The summed E-state index contributed by atoms with van der Waals surface area (Å²) in [5.41, 5.74) is 2.89. The fourth-order valence-electron chi connectivity index (χ4n) is 8.16. The largest absolute Gasteiger partial charge is 0.350 e. The highest BCUT2D eigenvalue weighted by Gasteiger charge is 2.54. The van der Waals surface area contributed by atoms with Crippen LogP contribution in [0.3, 0.4) is 0 Å². The molecule has 270 valence electrons. The van der Waals surface area contributed by atoms with Gasteiger partial charge in [-0.3, -0.25) is 19.5 Å². The van der Waals surface area contributed by atoms with Gasteiger partial charge in [0.1, 0.15) is 5.52 Å². The predicted octanol–water partition coefficient (Wildman–Crippen LogP) is 7.57. The monoisotopic (exact) mass is 698 g/mol. The van der Waals surface area contributed by atoms with E-state index in [0.29, 0.717) is 22.3 Å². The number of nitrogens with one attached hydrogen (secondary N) is 2. The van der Waals surface area contributed by atoms with E-state index in [4.69, 9.17) is 9.97 Å². The van der Waals surface area contributed by atoms with Crippen molar-refractivity contribution in [3.63, 3.8) is 0 Å². The molecule has 2 amide bonds. The Morgan fingerprint density at radius 3 is 2.35 bits per heavy atom. The SMILES string of the molecule is Cc1c(C(=O)NC(C)C)cc(Nc2nc(-c3cnc4c(c3)N(C3CC(C)(N5CCCCC5)C3)C(=O)C4(C)C)cc3ncn(C(C)C)c23)c(F)c1F. The zero-order valence-corrected chi connectivity index (χ0v) is 30.8. The highest BCUT2D eigenvalue weighted by molar-refractivity contribution is 6.08. The molecule has 51 heavy (non-hydrogen) atoms. The van der Waals surface area contributed by atoms with Crippen molar-refractivity contribution in [2.75, 3.05) is 23.3 Å². The lowest BCUT2D eigenvalue weighted by Gasteiger charge is -2.55. The minimum atomic E-state index is -1.11. The summed E-state index contributed by atoms with van der Waals surface area (Å²) < 4.78 is 32.8. The van der Waals surface area contributed by atoms with Gasteiger partial charge >= 0.3 is 0 Å². The zero-order valence-electron chi connectivity index (χ0n) is 30.8. The summed E-state index contributed by atoms with van der Waals surface area (Å²) in [4.78, 5) is 46.0. The number of piperidine rings is 1. The number of imidazole rings is 1. The van der Waals surface area contributed by atoms with Gasteiger partial charge in [-0.2, -0.15) is 0 Å². The number of rotatable bonds is 8. The third-order valence-electron chi connectivity index (χ3n) is 11.1. The topological polar surface area (TPSA) is 108 Å². The molecule has 7 rings (SSSR count). The second-order valence-electron chi connectivity index (χ2n) is 15.9. The Morgan fingerprint density at radius 1 is 0.980 bits per heavy atom. The number of nitrogens with zero attached hydrogens (tertiary/aromatic N) is 6. The first kappa shape index (κ1) is 35.0. The standard InChI is InChI=1S/C39H48F2N8O2/c1-21(2)44-36(50)26-15-28(32(41)31(40)23(26)5)46-35-33-29(43-20-48(33)22(3)4)16-27(45-35)24-14-30-34(42-19-24)38(6,7)37(51)49(30)25-17-39(8,18-25)47-12-10-9-11-13-47/h14-16,19-22,25H,9-13,17-18H2,1-8H3,(H,44,50)(H,45,46). The molecule has 0 unspecified atom stereocenters. The number of carbonyl (C=O) groups is 2.